The van der Waals surface area contributed by atoms with Crippen LogP contribution in [-0.4, -0.2) is 67.4 Å². The van der Waals surface area contributed by atoms with Gasteiger partial charge in [0.1, 0.15) is 0 Å². The summed E-state index contributed by atoms with van der Waals surface area (Å²) in [5, 5.41) is 3.12. The third-order valence-corrected chi connectivity index (χ3v) is 7.04. The maximum absolute atomic E-state index is 13.0. The van der Waals surface area contributed by atoms with Crippen LogP contribution in [0.5, 0.6) is 11.5 Å². The van der Waals surface area contributed by atoms with E-state index in [1.807, 2.05) is 37.3 Å². The number of methoxy groups -OCH3 is 2. The molecule has 2 saturated heterocycles. The normalized spacial score (nSPS) is 19.4. The number of piperidine rings is 1. The number of likely N-dealkylation sites (tertiary alicyclic amines) is 2. The van der Waals surface area contributed by atoms with E-state index >= 15 is 0 Å². The number of hydrogen-bond acceptors (Lipinski definition) is 5. The summed E-state index contributed by atoms with van der Waals surface area (Å²) in [4.78, 5) is 42.1. The summed E-state index contributed by atoms with van der Waals surface area (Å²) >= 11 is 0. The number of hydrogen-bond donors (Lipinski definition) is 1. The molecular weight excluding hydrogens is 446 g/mol. The van der Waals surface area contributed by atoms with E-state index in [0.717, 1.165) is 5.56 Å². The highest BCUT2D eigenvalue weighted by molar-refractivity contribution is 5.95. The van der Waals surface area contributed by atoms with E-state index < -0.39 is 0 Å². The lowest BCUT2D eigenvalue weighted by Gasteiger charge is -2.33. The molecule has 3 amide bonds. The zero-order valence-corrected chi connectivity index (χ0v) is 20.5. The molecule has 0 bridgehead atoms. The lowest BCUT2D eigenvalue weighted by Crippen LogP contribution is -2.48. The molecule has 2 unspecified atom stereocenters. The van der Waals surface area contributed by atoms with Crippen molar-refractivity contribution in [2.24, 2.45) is 5.92 Å². The summed E-state index contributed by atoms with van der Waals surface area (Å²) in [5.41, 5.74) is 1.61. The van der Waals surface area contributed by atoms with Crippen LogP contribution in [0.15, 0.2) is 48.5 Å². The van der Waals surface area contributed by atoms with Crippen molar-refractivity contribution in [1.82, 2.24) is 15.1 Å². The second-order valence-electron chi connectivity index (χ2n) is 9.18. The van der Waals surface area contributed by atoms with Crippen LogP contribution in [0.2, 0.25) is 0 Å². The minimum atomic E-state index is -0.347. The lowest BCUT2D eigenvalue weighted by atomic mass is 10.0. The number of carbonyl (C=O) groups excluding carboxylic acids is 3. The average molecular weight is 480 g/mol. The Bertz CT molecular complexity index is 1070. The predicted molar refractivity (Wildman–Crippen MR) is 131 cm³/mol. The Morgan fingerprint density at radius 2 is 1.69 bits per heavy atom. The summed E-state index contributed by atoms with van der Waals surface area (Å²) < 4.78 is 10.6. The van der Waals surface area contributed by atoms with Gasteiger partial charge in [-0.3, -0.25) is 14.4 Å². The van der Waals surface area contributed by atoms with Crippen LogP contribution in [0.3, 0.4) is 0 Å². The number of nitrogens with zero attached hydrogens (tertiary/aromatic N) is 2. The average Bonchev–Trinajstić information content (AvgIpc) is 3.30. The highest BCUT2D eigenvalue weighted by atomic mass is 16.5. The predicted octanol–water partition coefficient (Wildman–Crippen LogP) is 3.03. The second kappa shape index (κ2) is 10.8. The van der Waals surface area contributed by atoms with Crippen molar-refractivity contribution >= 4 is 17.7 Å². The van der Waals surface area contributed by atoms with E-state index in [-0.39, 0.29) is 42.1 Å². The number of ether oxygens (including phenoxy) is 2. The van der Waals surface area contributed by atoms with Crippen molar-refractivity contribution in [3.8, 4) is 11.5 Å². The fourth-order valence-electron chi connectivity index (χ4n) is 4.89. The van der Waals surface area contributed by atoms with Crippen LogP contribution in [-0.2, 0) is 9.59 Å². The summed E-state index contributed by atoms with van der Waals surface area (Å²) in [6, 6.07) is 14.9. The lowest BCUT2D eigenvalue weighted by molar-refractivity contribution is -0.130. The molecule has 0 radical (unpaired) electrons. The van der Waals surface area contributed by atoms with E-state index in [1.54, 1.807) is 42.2 Å². The molecule has 8 heteroatoms. The molecule has 0 spiro atoms. The Labute approximate surface area is 206 Å². The first-order valence-electron chi connectivity index (χ1n) is 12.1. The molecular formula is C27H33N3O5. The van der Waals surface area contributed by atoms with E-state index in [1.165, 1.54) is 0 Å². The molecule has 8 nitrogen and oxygen atoms in total. The van der Waals surface area contributed by atoms with Gasteiger partial charge in [0.2, 0.25) is 11.8 Å². The van der Waals surface area contributed by atoms with E-state index in [9.17, 15) is 14.4 Å². The van der Waals surface area contributed by atoms with Crippen molar-refractivity contribution < 1.29 is 23.9 Å². The first-order chi connectivity index (χ1) is 16.9. The van der Waals surface area contributed by atoms with Crippen molar-refractivity contribution in [2.75, 3.05) is 33.9 Å². The maximum Gasteiger partial charge on any atom is 0.253 e. The zero-order valence-electron chi connectivity index (χ0n) is 20.5. The monoisotopic (exact) mass is 479 g/mol. The Morgan fingerprint density at radius 3 is 2.34 bits per heavy atom. The molecule has 2 fully saturated rings. The molecule has 0 aliphatic carbocycles. The molecule has 1 N–H and O–H groups in total. The van der Waals surface area contributed by atoms with Crippen LogP contribution < -0.4 is 14.8 Å². The van der Waals surface area contributed by atoms with Gasteiger partial charge in [0.05, 0.1) is 26.2 Å². The molecule has 4 rings (SSSR count). The Morgan fingerprint density at radius 1 is 1.00 bits per heavy atom. The standard InChI is InChI=1S/C27H33N3O5/c1-18(19-7-5-4-6-8-19)30-17-21(16-25(30)31)26(32)28-22-11-13-29(14-12-22)27(33)20-9-10-23(34-2)24(15-20)35-3/h4-10,15,18,21-22H,11-14,16-17H2,1-3H3,(H,28,32). The molecule has 2 atom stereocenters. The summed E-state index contributed by atoms with van der Waals surface area (Å²) in [6.07, 6.45) is 1.59. The van der Waals surface area contributed by atoms with Gasteiger partial charge in [0, 0.05) is 37.7 Å². The van der Waals surface area contributed by atoms with Crippen molar-refractivity contribution in [3.05, 3.63) is 59.7 Å². The van der Waals surface area contributed by atoms with Crippen molar-refractivity contribution in [3.63, 3.8) is 0 Å². The van der Waals surface area contributed by atoms with Crippen LogP contribution in [0.1, 0.15) is 48.1 Å². The zero-order chi connectivity index (χ0) is 24.9. The molecule has 2 aliphatic rings. The molecule has 0 saturated carbocycles. The molecule has 186 valence electrons. The van der Waals surface area contributed by atoms with Gasteiger partial charge in [-0.25, -0.2) is 0 Å². The number of carbonyl (C=O) groups is 3. The highest BCUT2D eigenvalue weighted by Gasteiger charge is 2.38. The van der Waals surface area contributed by atoms with Gasteiger partial charge in [-0.1, -0.05) is 30.3 Å². The van der Waals surface area contributed by atoms with Gasteiger partial charge >= 0.3 is 0 Å². The third-order valence-electron chi connectivity index (χ3n) is 7.04. The van der Waals surface area contributed by atoms with Crippen LogP contribution in [0.25, 0.3) is 0 Å². The van der Waals surface area contributed by atoms with Gasteiger partial charge in [0.25, 0.3) is 5.91 Å². The Hall–Kier alpha value is -3.55. The van der Waals surface area contributed by atoms with Crippen molar-refractivity contribution in [2.45, 2.75) is 38.3 Å². The molecule has 35 heavy (non-hydrogen) atoms. The number of benzene rings is 2. The third kappa shape index (κ3) is 5.42. The smallest absolute Gasteiger partial charge is 0.253 e. The van der Waals surface area contributed by atoms with Crippen LogP contribution in [0.4, 0.5) is 0 Å². The number of nitrogens with one attached hydrogen (secondary N) is 1. The molecule has 0 aromatic heterocycles. The molecule has 2 aromatic rings. The highest BCUT2D eigenvalue weighted by Crippen LogP contribution is 2.30. The Kier molecular flexibility index (Phi) is 7.58. The minimum Gasteiger partial charge on any atom is -0.493 e. The minimum absolute atomic E-state index is 0.00680. The van der Waals surface area contributed by atoms with E-state index in [2.05, 4.69) is 5.32 Å². The SMILES string of the molecule is COc1ccc(C(=O)N2CCC(NC(=O)C3CC(=O)N(C(C)c4ccccc4)C3)CC2)cc1OC. The van der Waals surface area contributed by atoms with Gasteiger partial charge in [-0.2, -0.15) is 0 Å². The molecule has 2 heterocycles. The summed E-state index contributed by atoms with van der Waals surface area (Å²) in [7, 11) is 3.10. The molecule has 2 aliphatic heterocycles. The van der Waals surface area contributed by atoms with Gasteiger partial charge < -0.3 is 24.6 Å². The first-order valence-corrected chi connectivity index (χ1v) is 12.1. The fraction of sp³-hybridized carbons (Fsp3) is 0.444. The topological polar surface area (TPSA) is 88.2 Å². The fourth-order valence-corrected chi connectivity index (χ4v) is 4.89. The van der Waals surface area contributed by atoms with E-state index in [0.29, 0.717) is 49.5 Å². The van der Waals surface area contributed by atoms with Crippen LogP contribution in [0, 0.1) is 5.92 Å². The first kappa shape index (κ1) is 24.6. The van der Waals surface area contributed by atoms with E-state index in [4.69, 9.17) is 9.47 Å². The number of amides is 3. The van der Waals surface area contributed by atoms with Crippen LogP contribution >= 0.6 is 0 Å². The Balaban J connectivity index is 1.28. The second-order valence-corrected chi connectivity index (χ2v) is 9.18. The molecule has 2 aromatic carbocycles. The van der Waals surface area contributed by atoms with Gasteiger partial charge in [-0.05, 0) is 43.5 Å². The van der Waals surface area contributed by atoms with Crippen molar-refractivity contribution in [1.29, 1.82) is 0 Å². The maximum atomic E-state index is 13.0. The number of rotatable bonds is 7. The summed E-state index contributed by atoms with van der Waals surface area (Å²) in [6.45, 7) is 3.54. The van der Waals surface area contributed by atoms with Gasteiger partial charge in [-0.15, -0.1) is 0 Å². The largest absolute Gasteiger partial charge is 0.493 e. The quantitative estimate of drug-likeness (QED) is 0.660. The van der Waals surface area contributed by atoms with Gasteiger partial charge in [0.15, 0.2) is 11.5 Å². The summed E-state index contributed by atoms with van der Waals surface area (Å²) in [5.74, 6) is 0.611.